The molecule has 0 bridgehead atoms. The Balaban J connectivity index is 2.93. The van der Waals surface area contributed by atoms with E-state index in [0.717, 1.165) is 0 Å². The third-order valence-corrected chi connectivity index (χ3v) is 2.09. The fourth-order valence-corrected chi connectivity index (χ4v) is 1.17. The zero-order chi connectivity index (χ0) is 10.7. The van der Waals surface area contributed by atoms with Crippen molar-refractivity contribution in [3.05, 3.63) is 22.1 Å². The smallest absolute Gasteiger partial charge is 0.342 e. The van der Waals surface area contributed by atoms with Crippen molar-refractivity contribution in [3.63, 3.8) is 0 Å². The van der Waals surface area contributed by atoms with Gasteiger partial charge in [0.05, 0.1) is 6.10 Å². The SMILES string of the molecule is CCC(O)Cn1c([N+](=O)[O-])cnc1C. The summed E-state index contributed by atoms with van der Waals surface area (Å²) < 4.78 is 1.41. The number of hydrogen-bond acceptors (Lipinski definition) is 4. The van der Waals surface area contributed by atoms with Gasteiger partial charge in [-0.3, -0.25) is 0 Å². The first kappa shape index (κ1) is 10.6. The Kier molecular flexibility index (Phi) is 3.19. The maximum atomic E-state index is 10.6. The normalized spacial score (nSPS) is 12.8. The second-order valence-corrected chi connectivity index (χ2v) is 3.09. The number of imidazole rings is 1. The summed E-state index contributed by atoms with van der Waals surface area (Å²) in [5.41, 5.74) is 0. The average molecular weight is 199 g/mol. The molecule has 0 aliphatic rings. The topological polar surface area (TPSA) is 81.2 Å². The Morgan fingerprint density at radius 1 is 1.79 bits per heavy atom. The highest BCUT2D eigenvalue weighted by Gasteiger charge is 2.19. The molecule has 0 radical (unpaired) electrons. The van der Waals surface area contributed by atoms with Gasteiger partial charge in [-0.15, -0.1) is 0 Å². The van der Waals surface area contributed by atoms with Crippen LogP contribution in [0.15, 0.2) is 6.20 Å². The molecule has 1 N–H and O–H groups in total. The van der Waals surface area contributed by atoms with Crippen LogP contribution in [0.3, 0.4) is 0 Å². The molecule has 0 amide bonds. The van der Waals surface area contributed by atoms with Gasteiger partial charge in [0.15, 0.2) is 5.82 Å². The Bertz CT molecular complexity index is 335. The third-order valence-electron chi connectivity index (χ3n) is 2.09. The van der Waals surface area contributed by atoms with Crippen LogP contribution in [0.25, 0.3) is 0 Å². The molecule has 1 unspecified atom stereocenters. The third kappa shape index (κ3) is 2.08. The minimum Gasteiger partial charge on any atom is -0.389 e. The predicted molar refractivity (Wildman–Crippen MR) is 49.9 cm³/mol. The largest absolute Gasteiger partial charge is 0.389 e. The lowest BCUT2D eigenvalue weighted by molar-refractivity contribution is -0.392. The van der Waals surface area contributed by atoms with E-state index in [1.807, 2.05) is 6.92 Å². The van der Waals surface area contributed by atoms with E-state index in [1.165, 1.54) is 10.8 Å². The van der Waals surface area contributed by atoms with Crippen LogP contribution < -0.4 is 0 Å². The van der Waals surface area contributed by atoms with Crippen molar-refractivity contribution < 1.29 is 10.0 Å². The molecule has 1 rings (SSSR count). The highest BCUT2D eigenvalue weighted by atomic mass is 16.6. The fourth-order valence-electron chi connectivity index (χ4n) is 1.17. The quantitative estimate of drug-likeness (QED) is 0.576. The van der Waals surface area contributed by atoms with Gasteiger partial charge in [-0.2, -0.15) is 0 Å². The first-order valence-electron chi connectivity index (χ1n) is 4.40. The average Bonchev–Trinajstić information content (AvgIpc) is 2.48. The Hall–Kier alpha value is -1.43. The highest BCUT2D eigenvalue weighted by molar-refractivity contribution is 5.18. The summed E-state index contributed by atoms with van der Waals surface area (Å²) in [7, 11) is 0. The Morgan fingerprint density at radius 3 is 2.93 bits per heavy atom. The Labute approximate surface area is 81.3 Å². The maximum Gasteiger partial charge on any atom is 0.342 e. The molecule has 0 aliphatic heterocycles. The molecule has 0 aliphatic carbocycles. The molecule has 78 valence electrons. The van der Waals surface area contributed by atoms with Crippen LogP contribution in [0.1, 0.15) is 19.2 Å². The number of nitrogens with zero attached hydrogens (tertiary/aromatic N) is 3. The van der Waals surface area contributed by atoms with E-state index in [2.05, 4.69) is 4.98 Å². The van der Waals surface area contributed by atoms with Gasteiger partial charge < -0.3 is 15.2 Å². The Morgan fingerprint density at radius 2 is 2.43 bits per heavy atom. The van der Waals surface area contributed by atoms with E-state index in [0.29, 0.717) is 12.2 Å². The van der Waals surface area contributed by atoms with Crippen LogP contribution in [-0.2, 0) is 6.54 Å². The molecule has 1 aromatic heterocycles. The molecule has 6 nitrogen and oxygen atoms in total. The number of nitro groups is 1. The number of aliphatic hydroxyl groups is 1. The van der Waals surface area contributed by atoms with Crippen LogP contribution in [0.2, 0.25) is 0 Å². The molecule has 1 heterocycles. The van der Waals surface area contributed by atoms with Crippen LogP contribution >= 0.6 is 0 Å². The molecule has 0 spiro atoms. The zero-order valence-electron chi connectivity index (χ0n) is 8.17. The molecule has 0 saturated heterocycles. The van der Waals surface area contributed by atoms with E-state index < -0.39 is 11.0 Å². The summed E-state index contributed by atoms with van der Waals surface area (Å²) in [6.07, 6.45) is 1.20. The number of rotatable bonds is 4. The van der Waals surface area contributed by atoms with Crippen LogP contribution in [0.4, 0.5) is 5.82 Å². The lowest BCUT2D eigenvalue weighted by Gasteiger charge is -2.06. The highest BCUT2D eigenvalue weighted by Crippen LogP contribution is 2.14. The summed E-state index contributed by atoms with van der Waals surface area (Å²) in [6, 6.07) is 0. The summed E-state index contributed by atoms with van der Waals surface area (Å²) in [6.45, 7) is 3.72. The van der Waals surface area contributed by atoms with Crippen molar-refractivity contribution in [2.45, 2.75) is 32.9 Å². The van der Waals surface area contributed by atoms with Crippen LogP contribution in [-0.4, -0.2) is 25.7 Å². The molecule has 1 aromatic rings. The molecule has 14 heavy (non-hydrogen) atoms. The summed E-state index contributed by atoms with van der Waals surface area (Å²) >= 11 is 0. The minimum absolute atomic E-state index is 0.0741. The van der Waals surface area contributed by atoms with E-state index in [9.17, 15) is 15.2 Å². The standard InChI is InChI=1S/C8H13N3O3/c1-3-7(12)5-10-6(2)9-4-8(10)11(13)14/h4,7,12H,3,5H2,1-2H3. The van der Waals surface area contributed by atoms with Gasteiger partial charge in [0.2, 0.25) is 0 Å². The van der Waals surface area contributed by atoms with E-state index >= 15 is 0 Å². The number of aliphatic hydroxyl groups excluding tert-OH is 1. The van der Waals surface area contributed by atoms with Gasteiger partial charge in [-0.05, 0) is 11.3 Å². The first-order chi connectivity index (χ1) is 6.56. The van der Waals surface area contributed by atoms with Crippen molar-refractivity contribution in [2.24, 2.45) is 0 Å². The predicted octanol–water partition coefficient (Wildman–Crippen LogP) is 0.871. The van der Waals surface area contributed by atoms with Gasteiger partial charge in [-0.1, -0.05) is 6.92 Å². The van der Waals surface area contributed by atoms with Crippen molar-refractivity contribution in [1.29, 1.82) is 0 Å². The van der Waals surface area contributed by atoms with Gasteiger partial charge in [0.1, 0.15) is 12.7 Å². The first-order valence-corrected chi connectivity index (χ1v) is 4.40. The minimum atomic E-state index is -0.568. The second kappa shape index (κ2) is 4.19. The van der Waals surface area contributed by atoms with Gasteiger partial charge in [0.25, 0.3) is 0 Å². The van der Waals surface area contributed by atoms with Gasteiger partial charge in [-0.25, -0.2) is 9.55 Å². The molecular formula is C8H13N3O3. The maximum absolute atomic E-state index is 10.6. The monoisotopic (exact) mass is 199 g/mol. The van der Waals surface area contributed by atoms with Crippen molar-refractivity contribution in [2.75, 3.05) is 0 Å². The molecular weight excluding hydrogens is 186 g/mol. The number of hydrogen-bond donors (Lipinski definition) is 1. The van der Waals surface area contributed by atoms with Crippen molar-refractivity contribution in [3.8, 4) is 0 Å². The van der Waals surface area contributed by atoms with Crippen molar-refractivity contribution in [1.82, 2.24) is 9.55 Å². The van der Waals surface area contributed by atoms with Crippen LogP contribution in [0, 0.1) is 17.0 Å². The lowest BCUT2D eigenvalue weighted by Crippen LogP contribution is -2.17. The van der Waals surface area contributed by atoms with Crippen molar-refractivity contribution >= 4 is 5.82 Å². The number of aromatic nitrogens is 2. The molecule has 0 saturated carbocycles. The molecule has 0 aromatic carbocycles. The molecule has 6 heteroatoms. The summed E-state index contributed by atoms with van der Waals surface area (Å²) in [5, 5.41) is 20.0. The fraction of sp³-hybridized carbons (Fsp3) is 0.625. The summed E-state index contributed by atoms with van der Waals surface area (Å²) in [5.74, 6) is 0.471. The second-order valence-electron chi connectivity index (χ2n) is 3.09. The van der Waals surface area contributed by atoms with E-state index in [-0.39, 0.29) is 12.4 Å². The van der Waals surface area contributed by atoms with E-state index in [1.54, 1.807) is 6.92 Å². The molecule has 0 fully saturated rings. The summed E-state index contributed by atoms with van der Waals surface area (Å²) in [4.78, 5) is 13.9. The lowest BCUT2D eigenvalue weighted by atomic mass is 10.3. The van der Waals surface area contributed by atoms with Gasteiger partial charge in [0, 0.05) is 6.92 Å². The van der Waals surface area contributed by atoms with Crippen LogP contribution in [0.5, 0.6) is 0 Å². The zero-order valence-corrected chi connectivity index (χ0v) is 8.17. The van der Waals surface area contributed by atoms with Gasteiger partial charge >= 0.3 is 5.82 Å². The number of aryl methyl sites for hydroxylation is 1. The van der Waals surface area contributed by atoms with E-state index in [4.69, 9.17) is 0 Å². The molecule has 1 atom stereocenters.